The van der Waals surface area contributed by atoms with Crippen LogP contribution in [0, 0.1) is 0 Å². The van der Waals surface area contributed by atoms with Gasteiger partial charge in [0.2, 0.25) is 0 Å². The third-order valence-electron chi connectivity index (χ3n) is 2.59. The van der Waals surface area contributed by atoms with Crippen LogP contribution in [0.15, 0.2) is 12.2 Å². The number of ether oxygens (including phenoxy) is 1. The van der Waals surface area contributed by atoms with E-state index in [1.54, 1.807) is 4.90 Å². The van der Waals surface area contributed by atoms with Gasteiger partial charge in [0.05, 0.1) is 12.6 Å². The topological polar surface area (TPSA) is 49.8 Å². The van der Waals surface area contributed by atoms with E-state index in [-0.39, 0.29) is 18.7 Å². The average molecular weight is 241 g/mol. The molecule has 0 saturated heterocycles. The zero-order chi connectivity index (χ0) is 12.9. The van der Waals surface area contributed by atoms with E-state index < -0.39 is 5.60 Å². The molecule has 1 unspecified atom stereocenters. The number of carbonyl (C=O) groups excluding carboxylic acids is 1. The molecule has 4 heteroatoms. The van der Waals surface area contributed by atoms with Crippen LogP contribution in [-0.4, -0.2) is 40.9 Å². The van der Waals surface area contributed by atoms with Gasteiger partial charge >= 0.3 is 6.09 Å². The van der Waals surface area contributed by atoms with Gasteiger partial charge in [-0.05, 0) is 40.0 Å². The number of rotatable bonds is 1. The molecule has 0 bridgehead atoms. The van der Waals surface area contributed by atoms with E-state index in [9.17, 15) is 9.90 Å². The van der Waals surface area contributed by atoms with Gasteiger partial charge in [-0.25, -0.2) is 4.79 Å². The van der Waals surface area contributed by atoms with Crippen LogP contribution >= 0.6 is 0 Å². The molecule has 1 rings (SSSR count). The van der Waals surface area contributed by atoms with Crippen molar-refractivity contribution in [1.29, 1.82) is 0 Å². The Kier molecular flexibility index (Phi) is 5.00. The van der Waals surface area contributed by atoms with E-state index in [0.717, 1.165) is 19.3 Å². The van der Waals surface area contributed by atoms with Gasteiger partial charge in [0.15, 0.2) is 0 Å². The first-order valence-corrected chi connectivity index (χ1v) is 6.21. The quantitative estimate of drug-likeness (QED) is 0.717. The first-order chi connectivity index (χ1) is 7.94. The monoisotopic (exact) mass is 241 g/mol. The highest BCUT2D eigenvalue weighted by molar-refractivity contribution is 5.69. The minimum Gasteiger partial charge on any atom is -0.444 e. The lowest BCUT2D eigenvalue weighted by Crippen LogP contribution is -2.45. The van der Waals surface area contributed by atoms with E-state index in [1.807, 2.05) is 32.9 Å². The maximum absolute atomic E-state index is 12.0. The lowest BCUT2D eigenvalue weighted by molar-refractivity contribution is 0.0141. The highest BCUT2D eigenvalue weighted by atomic mass is 16.6. The molecule has 0 aromatic rings. The summed E-state index contributed by atoms with van der Waals surface area (Å²) in [6, 6.07) is -0.259. The molecule has 0 fully saturated rings. The summed E-state index contributed by atoms with van der Waals surface area (Å²) >= 11 is 0. The molecule has 1 aliphatic heterocycles. The predicted molar refractivity (Wildman–Crippen MR) is 66.8 cm³/mol. The van der Waals surface area contributed by atoms with Gasteiger partial charge in [-0.1, -0.05) is 12.2 Å². The molecule has 0 saturated carbocycles. The molecular formula is C13H23NO3. The van der Waals surface area contributed by atoms with Crippen molar-refractivity contribution < 1.29 is 14.6 Å². The van der Waals surface area contributed by atoms with Crippen LogP contribution in [-0.2, 0) is 4.74 Å². The predicted octanol–water partition coefficient (Wildman–Crippen LogP) is 2.32. The second kappa shape index (κ2) is 6.05. The Labute approximate surface area is 103 Å². The van der Waals surface area contributed by atoms with Gasteiger partial charge in [-0.15, -0.1) is 0 Å². The average Bonchev–Trinajstić information content (AvgIpc) is 2.14. The van der Waals surface area contributed by atoms with Crippen LogP contribution in [0.3, 0.4) is 0 Å². The summed E-state index contributed by atoms with van der Waals surface area (Å²) in [7, 11) is 0. The Hall–Kier alpha value is -1.03. The van der Waals surface area contributed by atoms with E-state index >= 15 is 0 Å². The molecule has 98 valence electrons. The highest BCUT2D eigenvalue weighted by Gasteiger charge is 2.26. The summed E-state index contributed by atoms with van der Waals surface area (Å²) in [5.74, 6) is 0. The molecule has 0 aromatic carbocycles. The van der Waals surface area contributed by atoms with Crippen LogP contribution in [0.25, 0.3) is 0 Å². The van der Waals surface area contributed by atoms with Crippen molar-refractivity contribution in [1.82, 2.24) is 4.90 Å². The fourth-order valence-corrected chi connectivity index (χ4v) is 1.77. The number of allylic oxidation sites excluding steroid dienone is 1. The zero-order valence-corrected chi connectivity index (χ0v) is 11.0. The van der Waals surface area contributed by atoms with Crippen molar-refractivity contribution in [3.8, 4) is 0 Å². The van der Waals surface area contributed by atoms with E-state index in [0.29, 0.717) is 6.54 Å². The Balaban J connectivity index is 2.72. The molecule has 1 N–H and O–H groups in total. The lowest BCUT2D eigenvalue weighted by atomic mass is 10.1. The van der Waals surface area contributed by atoms with Gasteiger partial charge in [0, 0.05) is 6.54 Å². The number of amides is 1. The number of nitrogens with zero attached hydrogens (tertiary/aromatic N) is 1. The molecular weight excluding hydrogens is 218 g/mol. The van der Waals surface area contributed by atoms with Crippen LogP contribution in [0.4, 0.5) is 4.79 Å². The Morgan fingerprint density at radius 2 is 2.18 bits per heavy atom. The highest BCUT2D eigenvalue weighted by Crippen LogP contribution is 2.15. The van der Waals surface area contributed by atoms with Crippen molar-refractivity contribution >= 4 is 6.09 Å². The standard InChI is InChI=1S/C13H23NO3/c1-13(2,3)17-12(16)14-9-7-5-4-6-8-11(14)10-15/h6,8,11,15H,4-5,7,9-10H2,1-3H3/b8-6-. The first-order valence-electron chi connectivity index (χ1n) is 6.21. The third-order valence-corrected chi connectivity index (χ3v) is 2.59. The second-order valence-electron chi connectivity index (χ2n) is 5.35. The van der Waals surface area contributed by atoms with Crippen molar-refractivity contribution in [2.24, 2.45) is 0 Å². The normalized spacial score (nSPS) is 23.8. The minimum atomic E-state index is -0.497. The van der Waals surface area contributed by atoms with Gasteiger partial charge < -0.3 is 9.84 Å². The first kappa shape index (κ1) is 14.0. The number of hydrogen-bond donors (Lipinski definition) is 1. The minimum absolute atomic E-state index is 0.0598. The maximum atomic E-state index is 12.0. The molecule has 1 heterocycles. The molecule has 1 atom stereocenters. The third kappa shape index (κ3) is 4.77. The van der Waals surface area contributed by atoms with Crippen molar-refractivity contribution in [3.05, 3.63) is 12.2 Å². The second-order valence-corrected chi connectivity index (χ2v) is 5.35. The van der Waals surface area contributed by atoms with Crippen LogP contribution in [0.2, 0.25) is 0 Å². The van der Waals surface area contributed by atoms with Gasteiger partial charge in [0.1, 0.15) is 5.60 Å². The van der Waals surface area contributed by atoms with Gasteiger partial charge in [-0.2, -0.15) is 0 Å². The smallest absolute Gasteiger partial charge is 0.410 e. The number of carbonyl (C=O) groups is 1. The number of aliphatic hydroxyl groups is 1. The Morgan fingerprint density at radius 3 is 2.76 bits per heavy atom. The SMILES string of the molecule is CC(C)(C)OC(=O)N1CCCC/C=C\C1CO. The Morgan fingerprint density at radius 1 is 1.47 bits per heavy atom. The molecule has 17 heavy (non-hydrogen) atoms. The van der Waals surface area contributed by atoms with Crippen LogP contribution < -0.4 is 0 Å². The van der Waals surface area contributed by atoms with E-state index in [4.69, 9.17) is 4.74 Å². The zero-order valence-electron chi connectivity index (χ0n) is 11.0. The fourth-order valence-electron chi connectivity index (χ4n) is 1.77. The number of aliphatic hydroxyl groups excluding tert-OH is 1. The van der Waals surface area contributed by atoms with Crippen molar-refractivity contribution in [2.75, 3.05) is 13.2 Å². The molecule has 0 aromatic heterocycles. The fraction of sp³-hybridized carbons (Fsp3) is 0.769. The van der Waals surface area contributed by atoms with E-state index in [2.05, 4.69) is 0 Å². The molecule has 1 amide bonds. The Bertz CT molecular complexity index is 281. The van der Waals surface area contributed by atoms with Gasteiger partial charge in [-0.3, -0.25) is 4.90 Å². The molecule has 4 nitrogen and oxygen atoms in total. The summed E-state index contributed by atoms with van der Waals surface area (Å²) in [5, 5.41) is 9.32. The summed E-state index contributed by atoms with van der Waals surface area (Å²) in [5.41, 5.74) is -0.497. The molecule has 0 radical (unpaired) electrons. The van der Waals surface area contributed by atoms with Gasteiger partial charge in [0.25, 0.3) is 0 Å². The number of hydrogen-bond acceptors (Lipinski definition) is 3. The largest absolute Gasteiger partial charge is 0.444 e. The van der Waals surface area contributed by atoms with E-state index in [1.165, 1.54) is 0 Å². The lowest BCUT2D eigenvalue weighted by Gasteiger charge is -2.32. The summed E-state index contributed by atoms with van der Waals surface area (Å²) in [6.45, 7) is 6.12. The summed E-state index contributed by atoms with van der Waals surface area (Å²) in [4.78, 5) is 13.6. The van der Waals surface area contributed by atoms with Crippen LogP contribution in [0.1, 0.15) is 40.0 Å². The molecule has 1 aliphatic rings. The summed E-state index contributed by atoms with van der Waals surface area (Å²) in [6.07, 6.45) is 6.59. The summed E-state index contributed by atoms with van der Waals surface area (Å²) < 4.78 is 5.35. The maximum Gasteiger partial charge on any atom is 0.410 e. The molecule has 0 spiro atoms. The van der Waals surface area contributed by atoms with Crippen LogP contribution in [0.5, 0.6) is 0 Å². The van der Waals surface area contributed by atoms with Crippen molar-refractivity contribution in [3.63, 3.8) is 0 Å². The molecule has 0 aliphatic carbocycles. The van der Waals surface area contributed by atoms with Crippen molar-refractivity contribution in [2.45, 2.75) is 51.7 Å².